The SMILES string of the molecule is N#CCC1=CNC(c2ccc3ccccc3c2)N1. The Bertz CT molecular complexity index is 652. The lowest BCUT2D eigenvalue weighted by Crippen LogP contribution is -2.22. The predicted molar refractivity (Wildman–Crippen MR) is 71.3 cm³/mol. The van der Waals surface area contributed by atoms with Crippen LogP contribution in [-0.2, 0) is 0 Å². The van der Waals surface area contributed by atoms with Gasteiger partial charge in [-0.3, -0.25) is 0 Å². The molecule has 1 atom stereocenters. The first-order valence-corrected chi connectivity index (χ1v) is 5.94. The Morgan fingerprint density at radius 1 is 1.11 bits per heavy atom. The fourth-order valence-electron chi connectivity index (χ4n) is 2.21. The molecule has 3 heteroatoms. The van der Waals surface area contributed by atoms with Crippen LogP contribution in [0.4, 0.5) is 0 Å². The molecule has 2 aromatic rings. The molecule has 1 unspecified atom stereocenters. The van der Waals surface area contributed by atoms with E-state index in [1.807, 2.05) is 18.3 Å². The van der Waals surface area contributed by atoms with Gasteiger partial charge in [-0.05, 0) is 22.4 Å². The number of hydrogen-bond acceptors (Lipinski definition) is 3. The first-order chi connectivity index (χ1) is 8.86. The van der Waals surface area contributed by atoms with E-state index in [2.05, 4.69) is 47.0 Å². The quantitative estimate of drug-likeness (QED) is 0.841. The van der Waals surface area contributed by atoms with E-state index in [1.165, 1.54) is 16.3 Å². The third-order valence-corrected chi connectivity index (χ3v) is 3.13. The van der Waals surface area contributed by atoms with E-state index in [4.69, 9.17) is 5.26 Å². The van der Waals surface area contributed by atoms with E-state index in [9.17, 15) is 0 Å². The summed E-state index contributed by atoms with van der Waals surface area (Å²) in [5.41, 5.74) is 2.12. The zero-order valence-corrected chi connectivity index (χ0v) is 9.85. The van der Waals surface area contributed by atoms with Crippen LogP contribution in [-0.4, -0.2) is 0 Å². The van der Waals surface area contributed by atoms with Crippen molar-refractivity contribution in [2.75, 3.05) is 0 Å². The number of nitriles is 1. The van der Waals surface area contributed by atoms with Gasteiger partial charge in [0.1, 0.15) is 6.17 Å². The van der Waals surface area contributed by atoms with E-state index >= 15 is 0 Å². The lowest BCUT2D eigenvalue weighted by Gasteiger charge is -2.14. The van der Waals surface area contributed by atoms with Crippen LogP contribution in [0.15, 0.2) is 54.4 Å². The molecule has 1 aliphatic heterocycles. The fourth-order valence-corrected chi connectivity index (χ4v) is 2.21. The summed E-state index contributed by atoms with van der Waals surface area (Å²) < 4.78 is 0. The molecule has 18 heavy (non-hydrogen) atoms. The van der Waals surface area contributed by atoms with Gasteiger partial charge in [-0.15, -0.1) is 0 Å². The number of rotatable bonds is 2. The van der Waals surface area contributed by atoms with Crippen molar-refractivity contribution in [1.82, 2.24) is 10.6 Å². The highest BCUT2D eigenvalue weighted by molar-refractivity contribution is 5.83. The summed E-state index contributed by atoms with van der Waals surface area (Å²) in [4.78, 5) is 0. The zero-order chi connectivity index (χ0) is 12.4. The second kappa shape index (κ2) is 4.42. The summed E-state index contributed by atoms with van der Waals surface area (Å²) in [6, 6.07) is 16.8. The monoisotopic (exact) mass is 235 g/mol. The average Bonchev–Trinajstić information content (AvgIpc) is 2.87. The van der Waals surface area contributed by atoms with Crippen molar-refractivity contribution in [1.29, 1.82) is 5.26 Å². The molecular weight excluding hydrogens is 222 g/mol. The molecule has 0 amide bonds. The molecule has 3 nitrogen and oxygen atoms in total. The van der Waals surface area contributed by atoms with Crippen LogP contribution in [0.5, 0.6) is 0 Å². The molecule has 0 saturated carbocycles. The van der Waals surface area contributed by atoms with E-state index < -0.39 is 0 Å². The number of nitrogens with zero attached hydrogens (tertiary/aromatic N) is 1. The predicted octanol–water partition coefficient (Wildman–Crippen LogP) is 2.79. The minimum atomic E-state index is 0.0676. The van der Waals surface area contributed by atoms with E-state index in [0.717, 1.165) is 5.70 Å². The largest absolute Gasteiger partial charge is 0.366 e. The molecule has 3 rings (SSSR count). The normalized spacial score (nSPS) is 17.7. The summed E-state index contributed by atoms with van der Waals surface area (Å²) in [6.07, 6.45) is 2.36. The number of nitrogens with one attached hydrogen (secondary N) is 2. The van der Waals surface area contributed by atoms with Crippen LogP contribution in [0.1, 0.15) is 18.2 Å². The molecule has 0 aliphatic carbocycles. The summed E-state index contributed by atoms with van der Waals surface area (Å²) in [7, 11) is 0. The molecule has 88 valence electrons. The van der Waals surface area contributed by atoms with Gasteiger partial charge in [0.25, 0.3) is 0 Å². The highest BCUT2D eigenvalue weighted by atomic mass is 15.2. The number of allylic oxidation sites excluding steroid dienone is 1. The number of benzene rings is 2. The van der Waals surface area contributed by atoms with Crippen molar-refractivity contribution in [3.05, 3.63) is 59.9 Å². The molecule has 0 aromatic heterocycles. The molecule has 2 N–H and O–H groups in total. The van der Waals surface area contributed by atoms with Gasteiger partial charge < -0.3 is 10.6 Å². The lowest BCUT2D eigenvalue weighted by atomic mass is 10.1. The Morgan fingerprint density at radius 2 is 1.94 bits per heavy atom. The van der Waals surface area contributed by atoms with Gasteiger partial charge in [0.15, 0.2) is 0 Å². The van der Waals surface area contributed by atoms with Crippen LogP contribution in [0.25, 0.3) is 10.8 Å². The van der Waals surface area contributed by atoms with Gasteiger partial charge in [-0.1, -0.05) is 36.4 Å². The molecule has 0 saturated heterocycles. The Kier molecular flexibility index (Phi) is 2.62. The third-order valence-electron chi connectivity index (χ3n) is 3.13. The number of fused-ring (bicyclic) bond motifs is 1. The minimum Gasteiger partial charge on any atom is -0.366 e. The van der Waals surface area contributed by atoms with Crippen LogP contribution >= 0.6 is 0 Å². The van der Waals surface area contributed by atoms with Gasteiger partial charge in [0.2, 0.25) is 0 Å². The molecule has 0 radical (unpaired) electrons. The van der Waals surface area contributed by atoms with Crippen molar-refractivity contribution in [3.63, 3.8) is 0 Å². The summed E-state index contributed by atoms with van der Waals surface area (Å²) in [5, 5.41) is 17.7. The highest BCUT2D eigenvalue weighted by Crippen LogP contribution is 2.22. The van der Waals surface area contributed by atoms with Crippen molar-refractivity contribution in [2.24, 2.45) is 0 Å². The summed E-state index contributed by atoms with van der Waals surface area (Å²) in [5.74, 6) is 0. The van der Waals surface area contributed by atoms with Crippen molar-refractivity contribution in [2.45, 2.75) is 12.6 Å². The molecule has 1 heterocycles. The van der Waals surface area contributed by atoms with Crippen LogP contribution in [0.3, 0.4) is 0 Å². The third kappa shape index (κ3) is 1.89. The van der Waals surface area contributed by atoms with Gasteiger partial charge >= 0.3 is 0 Å². The van der Waals surface area contributed by atoms with Crippen LogP contribution in [0, 0.1) is 11.3 Å². The standard InChI is InChI=1S/C15H13N3/c16-8-7-14-10-17-15(18-14)13-6-5-11-3-1-2-4-12(11)9-13/h1-6,9-10,15,17-18H,7H2. The second-order valence-electron chi connectivity index (χ2n) is 4.36. The number of hydrogen-bond donors (Lipinski definition) is 2. The fraction of sp³-hybridized carbons (Fsp3) is 0.133. The van der Waals surface area contributed by atoms with E-state index in [0.29, 0.717) is 6.42 Å². The summed E-state index contributed by atoms with van der Waals surface area (Å²) in [6.45, 7) is 0. The van der Waals surface area contributed by atoms with Gasteiger partial charge in [0, 0.05) is 11.9 Å². The Balaban J connectivity index is 1.86. The molecule has 0 fully saturated rings. The maximum atomic E-state index is 8.67. The Labute approximate surface area is 106 Å². The average molecular weight is 235 g/mol. The van der Waals surface area contributed by atoms with Crippen molar-refractivity contribution in [3.8, 4) is 6.07 Å². The zero-order valence-electron chi connectivity index (χ0n) is 9.85. The minimum absolute atomic E-state index is 0.0676. The van der Waals surface area contributed by atoms with E-state index in [-0.39, 0.29) is 6.17 Å². The lowest BCUT2D eigenvalue weighted by molar-refractivity contribution is 0.592. The van der Waals surface area contributed by atoms with Gasteiger partial charge in [0.05, 0.1) is 12.5 Å². The second-order valence-corrected chi connectivity index (χ2v) is 4.36. The molecule has 1 aliphatic rings. The van der Waals surface area contributed by atoms with Crippen LogP contribution < -0.4 is 10.6 Å². The maximum Gasteiger partial charge on any atom is 0.122 e. The van der Waals surface area contributed by atoms with Gasteiger partial charge in [-0.2, -0.15) is 5.26 Å². The topological polar surface area (TPSA) is 47.9 Å². The molecular formula is C15H13N3. The maximum absolute atomic E-state index is 8.67. The Morgan fingerprint density at radius 3 is 2.78 bits per heavy atom. The van der Waals surface area contributed by atoms with Crippen molar-refractivity contribution >= 4 is 10.8 Å². The Hall–Kier alpha value is -2.47. The summed E-state index contributed by atoms with van der Waals surface area (Å²) >= 11 is 0. The first-order valence-electron chi connectivity index (χ1n) is 5.94. The highest BCUT2D eigenvalue weighted by Gasteiger charge is 2.16. The first kappa shape index (κ1) is 10.7. The van der Waals surface area contributed by atoms with Crippen molar-refractivity contribution < 1.29 is 0 Å². The molecule has 0 spiro atoms. The molecule has 2 aromatic carbocycles. The molecule has 0 bridgehead atoms. The van der Waals surface area contributed by atoms with Gasteiger partial charge in [-0.25, -0.2) is 0 Å². The smallest absolute Gasteiger partial charge is 0.122 e. The van der Waals surface area contributed by atoms with E-state index in [1.54, 1.807) is 0 Å². The van der Waals surface area contributed by atoms with Crippen LogP contribution in [0.2, 0.25) is 0 Å².